The molecule has 0 unspecified atom stereocenters. The predicted molar refractivity (Wildman–Crippen MR) is 107 cm³/mol. The molecule has 1 fully saturated rings. The standard InChI is InChI=1S/C19H31ClN4O2/c1-5-26-18-7-6-15(14-17(18)20)21-19(25)24(4)13-12-23(3)16-8-10-22(2)11-9-16/h6-7,14,16H,5,8-13H2,1-4H3,(H,21,25). The Morgan fingerprint density at radius 1 is 1.31 bits per heavy atom. The molecule has 0 saturated carbocycles. The zero-order valence-electron chi connectivity index (χ0n) is 16.3. The fourth-order valence-corrected chi connectivity index (χ4v) is 3.33. The molecule has 6 nitrogen and oxygen atoms in total. The van der Waals surface area contributed by atoms with Gasteiger partial charge in [0.15, 0.2) is 0 Å². The molecule has 146 valence electrons. The lowest BCUT2D eigenvalue weighted by Gasteiger charge is -2.35. The van der Waals surface area contributed by atoms with E-state index in [1.54, 1.807) is 23.1 Å². The van der Waals surface area contributed by atoms with E-state index in [1.807, 2.05) is 14.0 Å². The van der Waals surface area contributed by atoms with E-state index in [9.17, 15) is 4.79 Å². The van der Waals surface area contributed by atoms with Crippen molar-refractivity contribution in [3.05, 3.63) is 23.2 Å². The van der Waals surface area contributed by atoms with Crippen LogP contribution in [0.5, 0.6) is 5.75 Å². The molecule has 1 saturated heterocycles. The molecule has 0 atom stereocenters. The third kappa shape index (κ3) is 6.04. The van der Waals surface area contributed by atoms with Gasteiger partial charge in [-0.1, -0.05) is 11.6 Å². The van der Waals surface area contributed by atoms with Crippen LogP contribution in [-0.4, -0.2) is 80.7 Å². The van der Waals surface area contributed by atoms with Crippen molar-refractivity contribution in [2.75, 3.05) is 59.2 Å². The largest absolute Gasteiger partial charge is 0.492 e. The highest BCUT2D eigenvalue weighted by atomic mass is 35.5. The minimum absolute atomic E-state index is 0.137. The van der Waals surface area contributed by atoms with Gasteiger partial charge >= 0.3 is 6.03 Å². The maximum absolute atomic E-state index is 12.4. The molecule has 1 aromatic carbocycles. The lowest BCUT2D eigenvalue weighted by Crippen LogP contribution is -2.45. The maximum Gasteiger partial charge on any atom is 0.321 e. The number of carbonyl (C=O) groups excluding carboxylic acids is 1. The van der Waals surface area contributed by atoms with Gasteiger partial charge in [0.2, 0.25) is 0 Å². The van der Waals surface area contributed by atoms with Gasteiger partial charge in [0.25, 0.3) is 0 Å². The number of rotatable bonds is 7. The summed E-state index contributed by atoms with van der Waals surface area (Å²) in [7, 11) is 6.13. The van der Waals surface area contributed by atoms with Crippen molar-refractivity contribution in [1.29, 1.82) is 0 Å². The molecular formula is C19H31ClN4O2. The molecule has 0 radical (unpaired) electrons. The van der Waals surface area contributed by atoms with Gasteiger partial charge in [0.1, 0.15) is 5.75 Å². The Labute approximate surface area is 162 Å². The fourth-order valence-electron chi connectivity index (χ4n) is 3.10. The summed E-state index contributed by atoms with van der Waals surface area (Å²) in [5, 5.41) is 3.38. The number of carbonyl (C=O) groups is 1. The number of hydrogen-bond acceptors (Lipinski definition) is 4. The predicted octanol–water partition coefficient (Wildman–Crippen LogP) is 3.23. The van der Waals surface area contributed by atoms with Crippen LogP contribution in [0.4, 0.5) is 10.5 Å². The number of urea groups is 1. The van der Waals surface area contributed by atoms with E-state index in [0.29, 0.717) is 35.7 Å². The number of amides is 2. The quantitative estimate of drug-likeness (QED) is 0.786. The summed E-state index contributed by atoms with van der Waals surface area (Å²) in [4.78, 5) is 18.8. The van der Waals surface area contributed by atoms with Gasteiger partial charge < -0.3 is 24.8 Å². The van der Waals surface area contributed by atoms with E-state index in [4.69, 9.17) is 16.3 Å². The van der Waals surface area contributed by atoms with Gasteiger partial charge in [0, 0.05) is 31.9 Å². The normalized spacial score (nSPS) is 15.9. The number of likely N-dealkylation sites (tertiary alicyclic amines) is 1. The molecule has 1 aliphatic rings. The molecule has 1 heterocycles. The second-order valence-electron chi connectivity index (χ2n) is 6.94. The Balaban J connectivity index is 1.79. The van der Waals surface area contributed by atoms with Crippen LogP contribution in [0.2, 0.25) is 5.02 Å². The van der Waals surface area contributed by atoms with Gasteiger partial charge in [0.05, 0.1) is 11.6 Å². The van der Waals surface area contributed by atoms with Crippen LogP contribution in [0.1, 0.15) is 19.8 Å². The Morgan fingerprint density at radius 3 is 2.62 bits per heavy atom. The summed E-state index contributed by atoms with van der Waals surface area (Å²) < 4.78 is 5.41. The summed E-state index contributed by atoms with van der Waals surface area (Å²) in [5.74, 6) is 0.625. The van der Waals surface area contributed by atoms with E-state index in [0.717, 1.165) is 19.6 Å². The Hall–Kier alpha value is -1.50. The third-order valence-corrected chi connectivity index (χ3v) is 5.22. The number of piperidine rings is 1. The molecule has 2 amide bonds. The summed E-state index contributed by atoms with van der Waals surface area (Å²) in [6, 6.07) is 5.75. The molecule has 1 aliphatic heterocycles. The number of nitrogens with zero attached hydrogens (tertiary/aromatic N) is 3. The summed E-state index contributed by atoms with van der Waals surface area (Å²) in [5.41, 5.74) is 0.666. The average Bonchev–Trinajstić information content (AvgIpc) is 2.62. The molecule has 1 aromatic rings. The van der Waals surface area contributed by atoms with Crippen LogP contribution in [0.15, 0.2) is 18.2 Å². The smallest absolute Gasteiger partial charge is 0.321 e. The number of hydrogen-bond donors (Lipinski definition) is 1. The van der Waals surface area contributed by atoms with Crippen LogP contribution in [0.3, 0.4) is 0 Å². The topological polar surface area (TPSA) is 48.1 Å². The Bertz CT molecular complexity index is 591. The first-order valence-electron chi connectivity index (χ1n) is 9.24. The van der Waals surface area contributed by atoms with Crippen molar-refractivity contribution in [2.24, 2.45) is 0 Å². The van der Waals surface area contributed by atoms with Crippen molar-refractivity contribution in [3.63, 3.8) is 0 Å². The highest BCUT2D eigenvalue weighted by Crippen LogP contribution is 2.27. The first-order chi connectivity index (χ1) is 12.4. The SMILES string of the molecule is CCOc1ccc(NC(=O)N(C)CCN(C)C2CCN(C)CC2)cc1Cl. The molecule has 0 aliphatic carbocycles. The zero-order valence-corrected chi connectivity index (χ0v) is 17.1. The molecular weight excluding hydrogens is 352 g/mol. The number of likely N-dealkylation sites (N-methyl/N-ethyl adjacent to an activating group) is 2. The number of nitrogens with one attached hydrogen (secondary N) is 1. The van der Waals surface area contributed by atoms with E-state index in [-0.39, 0.29) is 6.03 Å². The molecule has 0 bridgehead atoms. The third-order valence-electron chi connectivity index (χ3n) is 4.93. The molecule has 2 rings (SSSR count). The van der Waals surface area contributed by atoms with Crippen molar-refractivity contribution < 1.29 is 9.53 Å². The minimum Gasteiger partial charge on any atom is -0.492 e. The van der Waals surface area contributed by atoms with Crippen molar-refractivity contribution >= 4 is 23.3 Å². The minimum atomic E-state index is -0.137. The first-order valence-corrected chi connectivity index (χ1v) is 9.61. The van der Waals surface area contributed by atoms with Crippen LogP contribution >= 0.6 is 11.6 Å². The van der Waals surface area contributed by atoms with Crippen LogP contribution in [0.25, 0.3) is 0 Å². The highest BCUT2D eigenvalue weighted by molar-refractivity contribution is 6.32. The number of anilines is 1. The van der Waals surface area contributed by atoms with Gasteiger partial charge in [-0.15, -0.1) is 0 Å². The van der Waals surface area contributed by atoms with E-state index >= 15 is 0 Å². The summed E-state index contributed by atoms with van der Waals surface area (Å²) >= 11 is 6.17. The lowest BCUT2D eigenvalue weighted by atomic mass is 10.0. The van der Waals surface area contributed by atoms with Crippen molar-refractivity contribution in [2.45, 2.75) is 25.8 Å². The molecule has 7 heteroatoms. The monoisotopic (exact) mass is 382 g/mol. The van der Waals surface area contributed by atoms with Crippen molar-refractivity contribution in [3.8, 4) is 5.75 Å². The fraction of sp³-hybridized carbons (Fsp3) is 0.632. The summed E-state index contributed by atoms with van der Waals surface area (Å²) in [6.07, 6.45) is 2.38. The number of benzene rings is 1. The second-order valence-corrected chi connectivity index (χ2v) is 7.35. The van der Waals surface area contributed by atoms with E-state index < -0.39 is 0 Å². The van der Waals surface area contributed by atoms with E-state index in [2.05, 4.69) is 29.2 Å². The molecule has 26 heavy (non-hydrogen) atoms. The van der Waals surface area contributed by atoms with Crippen LogP contribution in [-0.2, 0) is 0 Å². The maximum atomic E-state index is 12.4. The van der Waals surface area contributed by atoms with Gasteiger partial charge in [-0.25, -0.2) is 4.79 Å². The zero-order chi connectivity index (χ0) is 19.1. The van der Waals surface area contributed by atoms with Gasteiger partial charge in [-0.2, -0.15) is 0 Å². The first kappa shape index (κ1) is 20.8. The van der Waals surface area contributed by atoms with Gasteiger partial charge in [-0.3, -0.25) is 0 Å². The van der Waals surface area contributed by atoms with Crippen molar-refractivity contribution in [1.82, 2.24) is 14.7 Å². The Morgan fingerprint density at radius 2 is 2.00 bits per heavy atom. The number of halogens is 1. The average molecular weight is 383 g/mol. The number of ether oxygens (including phenoxy) is 1. The molecule has 1 N–H and O–H groups in total. The molecule has 0 spiro atoms. The second kappa shape index (κ2) is 10.00. The Kier molecular flexibility index (Phi) is 8.00. The van der Waals surface area contributed by atoms with Crippen LogP contribution in [0, 0.1) is 0 Å². The van der Waals surface area contributed by atoms with Crippen LogP contribution < -0.4 is 10.1 Å². The summed E-state index contributed by atoms with van der Waals surface area (Å²) in [6.45, 7) is 6.29. The van der Waals surface area contributed by atoms with Gasteiger partial charge in [-0.05, 0) is 65.1 Å². The van der Waals surface area contributed by atoms with E-state index in [1.165, 1.54) is 12.8 Å². The molecule has 0 aromatic heterocycles. The lowest BCUT2D eigenvalue weighted by molar-refractivity contribution is 0.136. The highest BCUT2D eigenvalue weighted by Gasteiger charge is 2.21.